The summed E-state index contributed by atoms with van der Waals surface area (Å²) in [6.45, 7) is 4.44. The third-order valence-electron chi connectivity index (χ3n) is 3.29. The highest BCUT2D eigenvalue weighted by Gasteiger charge is 2.08. The lowest BCUT2D eigenvalue weighted by atomic mass is 10.1. The molecule has 0 aromatic heterocycles. The normalized spacial score (nSPS) is 11.2. The molecule has 1 amide bonds. The van der Waals surface area contributed by atoms with E-state index in [1.807, 2.05) is 50.2 Å². The number of hydrogen-bond donors (Lipinski definition) is 2. The number of carbonyl (C=O) groups excluding carboxylic acids is 1. The SMILES string of the molecule is Cc1ccc(OC(C)CNC(=O)Cc2ccc(N)cc2)cc1.Cl. The predicted molar refractivity (Wildman–Crippen MR) is 96.1 cm³/mol. The van der Waals surface area contributed by atoms with Crippen LogP contribution in [0.25, 0.3) is 0 Å². The molecule has 2 aromatic carbocycles. The first-order chi connectivity index (χ1) is 10.5. The van der Waals surface area contributed by atoms with Gasteiger partial charge in [-0.25, -0.2) is 0 Å². The second kappa shape index (κ2) is 9.06. The molecular weight excluding hydrogens is 312 g/mol. The molecule has 0 aliphatic heterocycles. The monoisotopic (exact) mass is 334 g/mol. The van der Waals surface area contributed by atoms with Gasteiger partial charge in [-0.05, 0) is 43.7 Å². The standard InChI is InChI=1S/C18H22N2O2.ClH/c1-13-3-9-17(10-4-13)22-14(2)12-20-18(21)11-15-5-7-16(19)8-6-15;/h3-10,14H,11-12,19H2,1-2H3,(H,20,21);1H. The topological polar surface area (TPSA) is 64.3 Å². The maximum atomic E-state index is 11.9. The van der Waals surface area contributed by atoms with Crippen LogP contribution in [-0.4, -0.2) is 18.6 Å². The fourth-order valence-corrected chi connectivity index (χ4v) is 2.03. The van der Waals surface area contributed by atoms with Gasteiger partial charge in [-0.15, -0.1) is 12.4 Å². The first kappa shape index (κ1) is 18.8. The van der Waals surface area contributed by atoms with E-state index in [1.165, 1.54) is 5.56 Å². The van der Waals surface area contributed by atoms with E-state index < -0.39 is 0 Å². The minimum Gasteiger partial charge on any atom is -0.489 e. The molecule has 1 unspecified atom stereocenters. The van der Waals surface area contributed by atoms with Crippen molar-refractivity contribution in [1.29, 1.82) is 0 Å². The first-order valence-electron chi connectivity index (χ1n) is 7.37. The third kappa shape index (κ3) is 6.61. The zero-order valence-electron chi connectivity index (χ0n) is 13.4. The van der Waals surface area contributed by atoms with Gasteiger partial charge in [-0.3, -0.25) is 4.79 Å². The smallest absolute Gasteiger partial charge is 0.224 e. The van der Waals surface area contributed by atoms with Gasteiger partial charge in [0.2, 0.25) is 5.91 Å². The summed E-state index contributed by atoms with van der Waals surface area (Å²) in [7, 11) is 0. The molecule has 0 saturated heterocycles. The molecule has 124 valence electrons. The lowest BCUT2D eigenvalue weighted by Gasteiger charge is -2.15. The molecular formula is C18H23ClN2O2. The van der Waals surface area contributed by atoms with Crippen molar-refractivity contribution in [3.05, 3.63) is 59.7 Å². The maximum Gasteiger partial charge on any atom is 0.224 e. The van der Waals surface area contributed by atoms with Gasteiger partial charge in [0.05, 0.1) is 13.0 Å². The van der Waals surface area contributed by atoms with E-state index in [4.69, 9.17) is 10.5 Å². The minimum absolute atomic E-state index is 0. The van der Waals surface area contributed by atoms with Gasteiger partial charge in [0.1, 0.15) is 11.9 Å². The maximum absolute atomic E-state index is 11.9. The lowest BCUT2D eigenvalue weighted by Crippen LogP contribution is -2.34. The third-order valence-corrected chi connectivity index (χ3v) is 3.29. The highest BCUT2D eigenvalue weighted by atomic mass is 35.5. The summed E-state index contributed by atoms with van der Waals surface area (Å²) in [4.78, 5) is 11.9. The molecule has 0 aliphatic carbocycles. The summed E-state index contributed by atoms with van der Waals surface area (Å²) in [6, 6.07) is 15.2. The Balaban J connectivity index is 0.00000264. The van der Waals surface area contributed by atoms with E-state index in [9.17, 15) is 4.79 Å². The van der Waals surface area contributed by atoms with Crippen molar-refractivity contribution in [3.63, 3.8) is 0 Å². The van der Waals surface area contributed by atoms with Crippen molar-refractivity contribution in [2.24, 2.45) is 0 Å². The van der Waals surface area contributed by atoms with Crippen LogP contribution >= 0.6 is 12.4 Å². The van der Waals surface area contributed by atoms with E-state index in [0.29, 0.717) is 18.7 Å². The molecule has 0 saturated carbocycles. The Morgan fingerprint density at radius 1 is 1.13 bits per heavy atom. The fourth-order valence-electron chi connectivity index (χ4n) is 2.03. The van der Waals surface area contributed by atoms with E-state index in [2.05, 4.69) is 5.32 Å². The van der Waals surface area contributed by atoms with Crippen LogP contribution in [0, 0.1) is 6.92 Å². The second-order valence-electron chi connectivity index (χ2n) is 5.46. The van der Waals surface area contributed by atoms with Gasteiger partial charge in [-0.2, -0.15) is 0 Å². The van der Waals surface area contributed by atoms with E-state index in [1.54, 1.807) is 12.1 Å². The molecule has 0 heterocycles. The first-order valence-corrected chi connectivity index (χ1v) is 7.37. The molecule has 0 spiro atoms. The van der Waals surface area contributed by atoms with Crippen molar-refractivity contribution < 1.29 is 9.53 Å². The molecule has 0 radical (unpaired) electrons. The Morgan fingerprint density at radius 3 is 2.35 bits per heavy atom. The minimum atomic E-state index is -0.0851. The number of ether oxygens (including phenoxy) is 1. The number of carbonyl (C=O) groups is 1. The van der Waals surface area contributed by atoms with Crippen LogP contribution in [-0.2, 0) is 11.2 Å². The number of anilines is 1. The van der Waals surface area contributed by atoms with Crippen molar-refractivity contribution in [3.8, 4) is 5.75 Å². The number of amides is 1. The summed E-state index contributed by atoms with van der Waals surface area (Å²) >= 11 is 0. The Hall–Kier alpha value is -2.20. The quantitative estimate of drug-likeness (QED) is 0.798. The van der Waals surface area contributed by atoms with Crippen LogP contribution in [0.4, 0.5) is 5.69 Å². The van der Waals surface area contributed by atoms with Crippen LogP contribution in [0.2, 0.25) is 0 Å². The molecule has 0 bridgehead atoms. The average molecular weight is 335 g/mol. The highest BCUT2D eigenvalue weighted by molar-refractivity contribution is 5.85. The molecule has 4 nitrogen and oxygen atoms in total. The fraction of sp³-hybridized carbons (Fsp3) is 0.278. The number of rotatable bonds is 6. The summed E-state index contributed by atoms with van der Waals surface area (Å²) in [5.74, 6) is 0.787. The lowest BCUT2D eigenvalue weighted by molar-refractivity contribution is -0.120. The van der Waals surface area contributed by atoms with Crippen molar-refractivity contribution >= 4 is 24.0 Å². The van der Waals surface area contributed by atoms with Crippen molar-refractivity contribution in [2.45, 2.75) is 26.4 Å². The summed E-state index contributed by atoms with van der Waals surface area (Å²) in [5.41, 5.74) is 8.45. The Kier molecular flexibility index (Phi) is 7.42. The average Bonchev–Trinajstić information content (AvgIpc) is 2.50. The molecule has 5 heteroatoms. The molecule has 2 rings (SSSR count). The molecule has 0 aliphatic rings. The van der Waals surface area contributed by atoms with Crippen LogP contribution in [0.5, 0.6) is 5.75 Å². The van der Waals surface area contributed by atoms with Gasteiger partial charge in [0, 0.05) is 5.69 Å². The van der Waals surface area contributed by atoms with E-state index >= 15 is 0 Å². The van der Waals surface area contributed by atoms with Crippen molar-refractivity contribution in [1.82, 2.24) is 5.32 Å². The number of nitrogen functional groups attached to an aromatic ring is 1. The van der Waals surface area contributed by atoms with Gasteiger partial charge in [0.25, 0.3) is 0 Å². The van der Waals surface area contributed by atoms with Crippen molar-refractivity contribution in [2.75, 3.05) is 12.3 Å². The Morgan fingerprint density at radius 2 is 1.74 bits per heavy atom. The predicted octanol–water partition coefficient (Wildman–Crippen LogP) is 3.13. The Labute approximate surface area is 143 Å². The number of nitrogens with one attached hydrogen (secondary N) is 1. The summed E-state index contributed by atoms with van der Waals surface area (Å²) in [6.07, 6.45) is 0.260. The molecule has 0 fully saturated rings. The van der Waals surface area contributed by atoms with Crippen LogP contribution < -0.4 is 15.8 Å². The largest absolute Gasteiger partial charge is 0.489 e. The number of benzene rings is 2. The number of aryl methyl sites for hydroxylation is 1. The molecule has 2 aromatic rings. The molecule has 3 N–H and O–H groups in total. The van der Waals surface area contributed by atoms with Gasteiger partial charge in [0.15, 0.2) is 0 Å². The Bertz CT molecular complexity index is 612. The zero-order valence-corrected chi connectivity index (χ0v) is 14.2. The van der Waals surface area contributed by atoms with Crippen LogP contribution in [0.3, 0.4) is 0 Å². The number of nitrogens with two attached hydrogens (primary N) is 1. The molecule has 1 atom stereocenters. The zero-order chi connectivity index (χ0) is 15.9. The second-order valence-corrected chi connectivity index (χ2v) is 5.46. The number of hydrogen-bond acceptors (Lipinski definition) is 3. The van der Waals surface area contributed by atoms with Gasteiger partial charge < -0.3 is 15.8 Å². The van der Waals surface area contributed by atoms with Gasteiger partial charge in [-0.1, -0.05) is 29.8 Å². The van der Waals surface area contributed by atoms with E-state index in [0.717, 1.165) is 11.3 Å². The number of halogens is 1. The summed E-state index contributed by atoms with van der Waals surface area (Å²) < 4.78 is 5.75. The van der Waals surface area contributed by atoms with Crippen LogP contribution in [0.1, 0.15) is 18.1 Å². The highest BCUT2D eigenvalue weighted by Crippen LogP contribution is 2.13. The van der Waals surface area contributed by atoms with Gasteiger partial charge >= 0.3 is 0 Å². The molecule has 23 heavy (non-hydrogen) atoms. The van der Waals surface area contributed by atoms with E-state index in [-0.39, 0.29) is 24.4 Å². The van der Waals surface area contributed by atoms with Crippen LogP contribution in [0.15, 0.2) is 48.5 Å². The summed E-state index contributed by atoms with van der Waals surface area (Å²) in [5, 5.41) is 2.88.